The van der Waals surface area contributed by atoms with Crippen molar-refractivity contribution in [2.24, 2.45) is 0 Å². The Morgan fingerprint density at radius 3 is 2.15 bits per heavy atom. The topological polar surface area (TPSA) is 25.2 Å². The van der Waals surface area contributed by atoms with Gasteiger partial charge in [0.1, 0.15) is 11.2 Å². The van der Waals surface area contributed by atoms with Gasteiger partial charge in [-0.05, 0) is 76.6 Å². The predicted molar refractivity (Wildman–Crippen MR) is 135 cm³/mol. The fourth-order valence-electron chi connectivity index (χ4n) is 6.44. The third-order valence-corrected chi connectivity index (χ3v) is 7.70. The maximum atomic E-state index is 6.39. The maximum absolute atomic E-state index is 6.39. The van der Waals surface area contributed by atoms with Gasteiger partial charge in [-0.15, -0.1) is 0 Å². The first-order valence-corrected chi connectivity index (χ1v) is 11.7. The molecule has 3 aliphatic rings. The average molecular weight is 424 g/mol. The van der Waals surface area contributed by atoms with Crippen molar-refractivity contribution in [3.63, 3.8) is 0 Å². The molecule has 0 unspecified atom stereocenters. The molecule has 1 aromatic heterocycles. The van der Waals surface area contributed by atoms with E-state index in [1.54, 1.807) is 0 Å². The summed E-state index contributed by atoms with van der Waals surface area (Å²) in [6.07, 6.45) is 7.09. The molecule has 2 aliphatic carbocycles. The van der Waals surface area contributed by atoms with Gasteiger partial charge in [-0.3, -0.25) is 0 Å². The fourth-order valence-corrected chi connectivity index (χ4v) is 6.44. The fraction of sp³-hybridized carbons (Fsp3) is 0.0968. The van der Waals surface area contributed by atoms with E-state index in [1.807, 2.05) is 6.07 Å². The Morgan fingerprint density at radius 2 is 1.33 bits per heavy atom. The first kappa shape index (κ1) is 17.5. The number of anilines is 2. The molecule has 0 bridgehead atoms. The molecule has 0 saturated heterocycles. The lowest BCUT2D eigenvalue weighted by Gasteiger charge is -2.41. The van der Waals surface area contributed by atoms with Crippen molar-refractivity contribution >= 4 is 38.9 Å². The Balaban J connectivity index is 1.58. The lowest BCUT2D eigenvalue weighted by Crippen LogP contribution is -2.33. The van der Waals surface area contributed by atoms with Crippen LogP contribution < -0.4 is 5.32 Å². The molecule has 1 aliphatic heterocycles. The number of hydrogen-bond acceptors (Lipinski definition) is 2. The van der Waals surface area contributed by atoms with Crippen LogP contribution in [0.25, 0.3) is 27.5 Å². The number of furan rings is 1. The molecule has 33 heavy (non-hydrogen) atoms. The first-order valence-electron chi connectivity index (χ1n) is 11.7. The normalized spacial score (nSPS) is 17.1. The minimum atomic E-state index is -0.340. The highest BCUT2D eigenvalue weighted by molar-refractivity contribution is 6.09. The summed E-state index contributed by atoms with van der Waals surface area (Å²) in [6.45, 7) is 0. The molecule has 8 rings (SSSR count). The van der Waals surface area contributed by atoms with Crippen LogP contribution in [0.3, 0.4) is 0 Å². The summed E-state index contributed by atoms with van der Waals surface area (Å²) in [6, 6.07) is 30.7. The first-order chi connectivity index (χ1) is 16.4. The summed E-state index contributed by atoms with van der Waals surface area (Å²) >= 11 is 0. The van der Waals surface area contributed by atoms with Crippen molar-refractivity contribution in [1.29, 1.82) is 0 Å². The van der Waals surface area contributed by atoms with Gasteiger partial charge in [0.05, 0.1) is 5.41 Å². The second-order valence-corrected chi connectivity index (χ2v) is 9.27. The summed E-state index contributed by atoms with van der Waals surface area (Å²) in [7, 11) is 0. The van der Waals surface area contributed by atoms with Gasteiger partial charge in [0.15, 0.2) is 0 Å². The maximum Gasteiger partial charge on any atom is 0.135 e. The monoisotopic (exact) mass is 423 g/mol. The molecule has 1 N–H and O–H groups in total. The van der Waals surface area contributed by atoms with E-state index in [0.29, 0.717) is 0 Å². The Kier molecular flexibility index (Phi) is 3.21. The van der Waals surface area contributed by atoms with Crippen molar-refractivity contribution < 1.29 is 4.42 Å². The largest absolute Gasteiger partial charge is 0.456 e. The number of rotatable bonds is 0. The Bertz CT molecular complexity index is 1650. The van der Waals surface area contributed by atoms with E-state index >= 15 is 0 Å². The molecule has 5 aromatic rings. The molecule has 0 fully saturated rings. The summed E-state index contributed by atoms with van der Waals surface area (Å²) in [5.74, 6) is 0. The van der Waals surface area contributed by atoms with Crippen LogP contribution in [0, 0.1) is 0 Å². The Labute approximate surface area is 191 Å². The van der Waals surface area contributed by atoms with Crippen LogP contribution in [-0.4, -0.2) is 0 Å². The van der Waals surface area contributed by atoms with Gasteiger partial charge in [-0.1, -0.05) is 66.7 Å². The van der Waals surface area contributed by atoms with Gasteiger partial charge in [-0.25, -0.2) is 0 Å². The number of hydrogen-bond donors (Lipinski definition) is 1. The molecule has 2 nitrogen and oxygen atoms in total. The second kappa shape index (κ2) is 6.05. The summed E-state index contributed by atoms with van der Waals surface area (Å²) in [5.41, 5.74) is 12.0. The van der Waals surface area contributed by atoms with Crippen LogP contribution in [0.4, 0.5) is 11.4 Å². The van der Waals surface area contributed by atoms with Gasteiger partial charge in [0.2, 0.25) is 0 Å². The lowest BCUT2D eigenvalue weighted by molar-refractivity contribution is 0.665. The van der Waals surface area contributed by atoms with Crippen molar-refractivity contribution in [3.05, 3.63) is 125 Å². The SMILES string of the molecule is C1=C2C(=CCC1)C1(c3ccccc3Nc3ccccc31)c1cc3oc4ccccc4c3cc12. The molecule has 1 spiro atoms. The third kappa shape index (κ3) is 2.05. The molecule has 2 heterocycles. The molecule has 156 valence electrons. The molecular formula is C31H21NO. The van der Waals surface area contributed by atoms with Crippen molar-refractivity contribution in [2.45, 2.75) is 18.3 Å². The predicted octanol–water partition coefficient (Wildman–Crippen LogP) is 8.09. The van der Waals surface area contributed by atoms with Gasteiger partial charge in [0, 0.05) is 22.1 Å². The van der Waals surface area contributed by atoms with Crippen LogP contribution in [0.2, 0.25) is 0 Å². The highest BCUT2D eigenvalue weighted by atomic mass is 16.3. The molecular weight excluding hydrogens is 402 g/mol. The summed E-state index contributed by atoms with van der Waals surface area (Å²) < 4.78 is 6.39. The highest BCUT2D eigenvalue weighted by Crippen LogP contribution is 2.63. The zero-order chi connectivity index (χ0) is 21.6. The number of fused-ring (bicyclic) bond motifs is 12. The average Bonchev–Trinajstić information content (AvgIpc) is 3.37. The van der Waals surface area contributed by atoms with Crippen molar-refractivity contribution in [3.8, 4) is 0 Å². The molecule has 2 heteroatoms. The second-order valence-electron chi connectivity index (χ2n) is 9.27. The minimum absolute atomic E-state index is 0.340. The van der Waals surface area contributed by atoms with E-state index < -0.39 is 0 Å². The molecule has 0 saturated carbocycles. The molecule has 0 radical (unpaired) electrons. The van der Waals surface area contributed by atoms with E-state index in [1.165, 1.54) is 55.5 Å². The molecule has 4 aromatic carbocycles. The Morgan fingerprint density at radius 1 is 0.636 bits per heavy atom. The van der Waals surface area contributed by atoms with Crippen LogP contribution in [-0.2, 0) is 5.41 Å². The zero-order valence-electron chi connectivity index (χ0n) is 18.1. The summed E-state index contributed by atoms with van der Waals surface area (Å²) in [4.78, 5) is 0. The van der Waals surface area contributed by atoms with Gasteiger partial charge in [-0.2, -0.15) is 0 Å². The van der Waals surface area contributed by atoms with E-state index in [-0.39, 0.29) is 5.41 Å². The van der Waals surface area contributed by atoms with Crippen LogP contribution >= 0.6 is 0 Å². The van der Waals surface area contributed by atoms with E-state index in [9.17, 15) is 0 Å². The van der Waals surface area contributed by atoms with E-state index in [4.69, 9.17) is 4.42 Å². The van der Waals surface area contributed by atoms with Crippen LogP contribution in [0.15, 0.2) is 107 Å². The van der Waals surface area contributed by atoms with Gasteiger partial charge < -0.3 is 9.73 Å². The van der Waals surface area contributed by atoms with Gasteiger partial charge >= 0.3 is 0 Å². The van der Waals surface area contributed by atoms with E-state index in [0.717, 1.165) is 24.0 Å². The molecule has 0 atom stereocenters. The number of para-hydroxylation sites is 3. The number of nitrogens with one attached hydrogen (secondary N) is 1. The van der Waals surface area contributed by atoms with Crippen molar-refractivity contribution in [1.82, 2.24) is 0 Å². The third-order valence-electron chi connectivity index (χ3n) is 7.70. The summed E-state index contributed by atoms with van der Waals surface area (Å²) in [5, 5.41) is 6.09. The van der Waals surface area contributed by atoms with Crippen LogP contribution in [0.1, 0.15) is 35.1 Å². The van der Waals surface area contributed by atoms with Crippen molar-refractivity contribution in [2.75, 3.05) is 5.32 Å². The standard InChI is InChI=1S/C31H21NO/c1-3-11-23-19(9-1)21-17-22-20-10-2-8-16-29(20)33-30(22)18-26(21)31(23)24-12-4-6-14-27(24)32-28-15-7-5-13-25(28)31/h2,4-18,32H,1,3H2. The minimum Gasteiger partial charge on any atom is -0.456 e. The quantitative estimate of drug-likeness (QED) is 0.272. The lowest BCUT2D eigenvalue weighted by atomic mass is 9.64. The highest BCUT2D eigenvalue weighted by Gasteiger charge is 2.52. The molecule has 0 amide bonds. The number of benzene rings is 4. The number of allylic oxidation sites excluding steroid dienone is 4. The van der Waals surface area contributed by atoms with E-state index in [2.05, 4.69) is 96.3 Å². The zero-order valence-corrected chi connectivity index (χ0v) is 18.1. The van der Waals surface area contributed by atoms with Crippen LogP contribution in [0.5, 0.6) is 0 Å². The smallest absolute Gasteiger partial charge is 0.135 e. The Hall–Kier alpha value is -4.04. The van der Waals surface area contributed by atoms with Gasteiger partial charge in [0.25, 0.3) is 0 Å².